The molecular weight excluding hydrogens is 296 g/mol. The fourth-order valence-electron chi connectivity index (χ4n) is 3.65. The molecular formula is C16H22N4OS. The van der Waals surface area contributed by atoms with Gasteiger partial charge < -0.3 is 10.6 Å². The molecule has 0 spiro atoms. The minimum atomic E-state index is -0.123. The van der Waals surface area contributed by atoms with Crippen molar-refractivity contribution in [3.63, 3.8) is 0 Å². The van der Waals surface area contributed by atoms with Crippen LogP contribution in [0.5, 0.6) is 0 Å². The van der Waals surface area contributed by atoms with Crippen molar-refractivity contribution >= 4 is 22.4 Å². The van der Waals surface area contributed by atoms with Crippen LogP contribution in [0, 0.1) is 17.4 Å². The zero-order valence-corrected chi connectivity index (χ0v) is 13.5. The first-order valence-electron chi connectivity index (χ1n) is 8.19. The largest absolute Gasteiger partial charge is 0.320 e. The summed E-state index contributed by atoms with van der Waals surface area (Å²) in [5, 5.41) is 15.2. The van der Waals surface area contributed by atoms with Crippen LogP contribution in [0.25, 0.3) is 0 Å². The molecule has 6 heteroatoms. The third-order valence-electron chi connectivity index (χ3n) is 4.86. The molecule has 2 fully saturated rings. The first-order valence-corrected chi connectivity index (χ1v) is 9.01. The molecule has 3 rings (SSSR count). The summed E-state index contributed by atoms with van der Waals surface area (Å²) in [6.45, 7) is 0. The first-order chi connectivity index (χ1) is 10.8. The van der Waals surface area contributed by atoms with Crippen LogP contribution < -0.4 is 10.6 Å². The summed E-state index contributed by atoms with van der Waals surface area (Å²) in [5.74, 6) is 0.493. The van der Waals surface area contributed by atoms with E-state index in [4.69, 9.17) is 5.26 Å². The fraction of sp³-hybridized carbons (Fsp3) is 0.688. The summed E-state index contributed by atoms with van der Waals surface area (Å²) in [6.07, 6.45) is 13.0. The molecule has 0 aliphatic heterocycles. The number of thiazole rings is 1. The Bertz CT molecular complexity index is 559. The van der Waals surface area contributed by atoms with Gasteiger partial charge in [0.05, 0.1) is 5.92 Å². The van der Waals surface area contributed by atoms with Crippen LogP contribution in [0.1, 0.15) is 62.2 Å². The van der Waals surface area contributed by atoms with Crippen LogP contribution in [0.15, 0.2) is 6.20 Å². The highest BCUT2D eigenvalue weighted by molar-refractivity contribution is 7.15. The van der Waals surface area contributed by atoms with Gasteiger partial charge in [-0.3, -0.25) is 4.79 Å². The second kappa shape index (κ2) is 7.10. The fourth-order valence-corrected chi connectivity index (χ4v) is 4.64. The molecule has 0 radical (unpaired) electrons. The average Bonchev–Trinajstić information content (AvgIpc) is 3.18. The molecule has 2 aliphatic rings. The number of carbonyl (C=O) groups is 1. The Balaban J connectivity index is 1.60. The highest BCUT2D eigenvalue weighted by atomic mass is 32.1. The number of nitrogens with zero attached hydrogens (tertiary/aromatic N) is 2. The van der Waals surface area contributed by atoms with Crippen LogP contribution in [0.4, 0.5) is 5.13 Å². The molecule has 1 heterocycles. The molecule has 2 atom stereocenters. The van der Waals surface area contributed by atoms with E-state index in [1.165, 1.54) is 37.0 Å². The standard InChI is InChI=1S/C16H22N4OS/c17-10-19-13-8-4-7-12(13)15(21)20-16-18-9-14(22-16)11-5-2-1-3-6-11/h9,11-13,19H,1-8H2,(H,18,20,21)/t12-,13-/m0/s1. The van der Waals surface area contributed by atoms with Gasteiger partial charge in [-0.15, -0.1) is 11.3 Å². The van der Waals surface area contributed by atoms with Crippen LogP contribution in [0.2, 0.25) is 0 Å². The van der Waals surface area contributed by atoms with Crippen molar-refractivity contribution in [1.82, 2.24) is 10.3 Å². The predicted molar refractivity (Wildman–Crippen MR) is 86.4 cm³/mol. The van der Waals surface area contributed by atoms with Crippen molar-refractivity contribution in [1.29, 1.82) is 5.26 Å². The number of hydrogen-bond donors (Lipinski definition) is 2. The second-order valence-electron chi connectivity index (χ2n) is 6.29. The Morgan fingerprint density at radius 1 is 1.23 bits per heavy atom. The van der Waals surface area contributed by atoms with E-state index in [9.17, 15) is 4.79 Å². The second-order valence-corrected chi connectivity index (χ2v) is 7.35. The number of anilines is 1. The minimum Gasteiger partial charge on any atom is -0.320 e. The van der Waals surface area contributed by atoms with Crippen LogP contribution >= 0.6 is 11.3 Å². The van der Waals surface area contributed by atoms with Gasteiger partial charge in [0.25, 0.3) is 0 Å². The van der Waals surface area contributed by atoms with Crippen LogP contribution in [-0.2, 0) is 4.79 Å². The molecule has 5 nitrogen and oxygen atoms in total. The van der Waals surface area contributed by atoms with Crippen molar-refractivity contribution in [2.24, 2.45) is 5.92 Å². The van der Waals surface area contributed by atoms with Crippen molar-refractivity contribution < 1.29 is 4.79 Å². The number of nitriles is 1. The Morgan fingerprint density at radius 3 is 2.82 bits per heavy atom. The minimum absolute atomic E-state index is 0.00482. The quantitative estimate of drug-likeness (QED) is 0.659. The van der Waals surface area contributed by atoms with E-state index in [1.807, 2.05) is 12.4 Å². The molecule has 0 unspecified atom stereocenters. The number of carbonyl (C=O) groups excluding carboxylic acids is 1. The lowest BCUT2D eigenvalue weighted by Crippen LogP contribution is -2.36. The van der Waals surface area contributed by atoms with Crippen LogP contribution in [0.3, 0.4) is 0 Å². The predicted octanol–water partition coefficient (Wildman–Crippen LogP) is 3.37. The van der Waals surface area contributed by atoms with Gasteiger partial charge in [-0.2, -0.15) is 5.26 Å². The summed E-state index contributed by atoms with van der Waals surface area (Å²) in [7, 11) is 0. The molecule has 2 N–H and O–H groups in total. The summed E-state index contributed by atoms with van der Waals surface area (Å²) < 4.78 is 0. The Morgan fingerprint density at radius 2 is 2.05 bits per heavy atom. The maximum Gasteiger partial charge on any atom is 0.231 e. The summed E-state index contributed by atoms with van der Waals surface area (Å²) >= 11 is 1.61. The number of amides is 1. The van der Waals surface area contributed by atoms with Gasteiger partial charge in [0.1, 0.15) is 0 Å². The molecule has 1 aromatic heterocycles. The van der Waals surface area contributed by atoms with Gasteiger partial charge in [0.15, 0.2) is 11.3 Å². The van der Waals surface area contributed by atoms with Gasteiger partial charge in [0, 0.05) is 17.1 Å². The van der Waals surface area contributed by atoms with E-state index < -0.39 is 0 Å². The van der Waals surface area contributed by atoms with E-state index in [1.54, 1.807) is 11.3 Å². The first kappa shape index (κ1) is 15.3. The van der Waals surface area contributed by atoms with E-state index in [2.05, 4.69) is 15.6 Å². The SMILES string of the molecule is N#CN[C@H]1CCC[C@@H]1C(=O)Nc1ncc(C2CCCCC2)s1. The third kappa shape index (κ3) is 3.41. The van der Waals surface area contributed by atoms with E-state index in [0.29, 0.717) is 11.0 Å². The highest BCUT2D eigenvalue weighted by Crippen LogP contribution is 2.37. The topological polar surface area (TPSA) is 77.8 Å². The lowest BCUT2D eigenvalue weighted by Gasteiger charge is -2.19. The molecule has 0 aromatic carbocycles. The zero-order valence-electron chi connectivity index (χ0n) is 12.7. The van der Waals surface area contributed by atoms with Crippen molar-refractivity contribution in [3.8, 4) is 6.19 Å². The number of rotatable bonds is 4. The lowest BCUT2D eigenvalue weighted by atomic mass is 9.89. The maximum absolute atomic E-state index is 12.4. The summed E-state index contributed by atoms with van der Waals surface area (Å²) in [4.78, 5) is 18.1. The molecule has 0 saturated heterocycles. The molecule has 2 saturated carbocycles. The van der Waals surface area contributed by atoms with Crippen molar-refractivity contribution in [2.75, 3.05) is 5.32 Å². The molecule has 1 amide bonds. The average molecular weight is 318 g/mol. The normalized spacial score (nSPS) is 25.6. The maximum atomic E-state index is 12.4. The van der Waals surface area contributed by atoms with E-state index >= 15 is 0 Å². The molecule has 22 heavy (non-hydrogen) atoms. The van der Waals surface area contributed by atoms with Crippen LogP contribution in [-0.4, -0.2) is 16.9 Å². The highest BCUT2D eigenvalue weighted by Gasteiger charge is 2.33. The lowest BCUT2D eigenvalue weighted by molar-refractivity contribution is -0.120. The zero-order chi connectivity index (χ0) is 15.4. The Kier molecular flexibility index (Phi) is 4.94. The smallest absolute Gasteiger partial charge is 0.231 e. The van der Waals surface area contributed by atoms with Gasteiger partial charge >= 0.3 is 0 Å². The van der Waals surface area contributed by atoms with E-state index in [0.717, 1.165) is 19.3 Å². The summed E-state index contributed by atoms with van der Waals surface area (Å²) in [6, 6.07) is -0.0252. The van der Waals surface area contributed by atoms with Gasteiger partial charge in [-0.25, -0.2) is 4.98 Å². The third-order valence-corrected chi connectivity index (χ3v) is 5.94. The van der Waals surface area contributed by atoms with E-state index in [-0.39, 0.29) is 17.9 Å². The van der Waals surface area contributed by atoms with Gasteiger partial charge in [-0.1, -0.05) is 25.7 Å². The van der Waals surface area contributed by atoms with Crippen molar-refractivity contribution in [2.45, 2.75) is 63.3 Å². The molecule has 118 valence electrons. The monoisotopic (exact) mass is 318 g/mol. The Hall–Kier alpha value is -1.61. The number of nitrogens with one attached hydrogen (secondary N) is 2. The number of hydrogen-bond acceptors (Lipinski definition) is 5. The van der Waals surface area contributed by atoms with Gasteiger partial charge in [0.2, 0.25) is 5.91 Å². The summed E-state index contributed by atoms with van der Waals surface area (Å²) in [5.41, 5.74) is 0. The van der Waals surface area contributed by atoms with Crippen molar-refractivity contribution in [3.05, 3.63) is 11.1 Å². The molecule has 0 bridgehead atoms. The number of aromatic nitrogens is 1. The van der Waals surface area contributed by atoms with Gasteiger partial charge in [-0.05, 0) is 31.6 Å². The Labute approximate surface area is 135 Å². The molecule has 2 aliphatic carbocycles. The molecule has 1 aromatic rings.